The summed E-state index contributed by atoms with van der Waals surface area (Å²) in [6, 6.07) is 0. The first-order valence-electron chi connectivity index (χ1n) is 5.49. The molecule has 1 aromatic heterocycles. The average Bonchev–Trinajstić information content (AvgIpc) is 2.88. The first-order chi connectivity index (χ1) is 9.38. The van der Waals surface area contributed by atoms with Gasteiger partial charge < -0.3 is 20.6 Å². The Morgan fingerprint density at radius 2 is 2.15 bits per heavy atom. The van der Waals surface area contributed by atoms with Crippen molar-refractivity contribution in [1.82, 2.24) is 10.2 Å². The van der Waals surface area contributed by atoms with Gasteiger partial charge >= 0.3 is 6.18 Å². The number of halogens is 3. The fraction of sp³-hybridized carbons (Fsp3) is 0.667. The maximum atomic E-state index is 12.5. The fourth-order valence-corrected chi connectivity index (χ4v) is 2.03. The molecule has 3 N–H and O–H groups in total. The molecule has 0 aliphatic rings. The third-order valence-electron chi connectivity index (χ3n) is 2.26. The Bertz CT molecular complexity index is 451. The second-order valence-electron chi connectivity index (χ2n) is 3.71. The number of anilines is 1. The van der Waals surface area contributed by atoms with Crippen molar-refractivity contribution in [2.75, 3.05) is 31.7 Å². The predicted molar refractivity (Wildman–Crippen MR) is 67.0 cm³/mol. The summed E-state index contributed by atoms with van der Waals surface area (Å²) in [5, 5.41) is 17.0. The Labute approximate surface area is 116 Å². The smallest absolute Gasteiger partial charge is 0.409 e. The van der Waals surface area contributed by atoms with Crippen molar-refractivity contribution in [2.45, 2.75) is 12.6 Å². The van der Waals surface area contributed by atoms with E-state index in [1.165, 1.54) is 12.0 Å². The highest BCUT2D eigenvalue weighted by atomic mass is 32.1. The number of nitrogens with two attached hydrogens (primary N) is 1. The summed E-state index contributed by atoms with van der Waals surface area (Å²) in [5.74, 6) is -0.0204. The summed E-state index contributed by atoms with van der Waals surface area (Å²) in [6.07, 6.45) is -4.34. The van der Waals surface area contributed by atoms with E-state index >= 15 is 0 Å². The quantitative estimate of drug-likeness (QED) is 0.339. The number of hydrogen-bond donors (Lipinski definition) is 2. The van der Waals surface area contributed by atoms with Gasteiger partial charge in [0.05, 0.1) is 6.61 Å². The van der Waals surface area contributed by atoms with Gasteiger partial charge in [0.2, 0.25) is 10.1 Å². The summed E-state index contributed by atoms with van der Waals surface area (Å²) in [5.41, 5.74) is 5.33. The predicted octanol–water partition coefficient (Wildman–Crippen LogP) is 1.15. The molecule has 0 saturated heterocycles. The van der Waals surface area contributed by atoms with Crippen molar-refractivity contribution < 1.29 is 23.1 Å². The van der Waals surface area contributed by atoms with Gasteiger partial charge in [0.15, 0.2) is 0 Å². The van der Waals surface area contributed by atoms with E-state index in [1.54, 1.807) is 0 Å². The van der Waals surface area contributed by atoms with Crippen LogP contribution in [0.1, 0.15) is 11.4 Å². The van der Waals surface area contributed by atoms with Gasteiger partial charge in [0, 0.05) is 26.6 Å². The Kier molecular flexibility index (Phi) is 5.95. The third kappa shape index (κ3) is 4.81. The van der Waals surface area contributed by atoms with Gasteiger partial charge in [-0.05, 0) is 0 Å². The molecular weight excluding hydrogens is 299 g/mol. The second-order valence-corrected chi connectivity index (χ2v) is 4.66. The summed E-state index contributed by atoms with van der Waals surface area (Å²) in [6.45, 7) is 0.866. The molecular formula is C9H14F3N5O2S. The lowest BCUT2D eigenvalue weighted by molar-refractivity contribution is -0.138. The number of hydrogen-bond acceptors (Lipinski definition) is 7. The topological polar surface area (TPSA) is 96.9 Å². The van der Waals surface area contributed by atoms with Gasteiger partial charge in [-0.2, -0.15) is 13.2 Å². The molecule has 0 fully saturated rings. The van der Waals surface area contributed by atoms with E-state index in [1.807, 2.05) is 0 Å². The normalized spacial score (nSPS) is 12.7. The van der Waals surface area contributed by atoms with E-state index in [9.17, 15) is 13.2 Å². The van der Waals surface area contributed by atoms with E-state index in [-0.39, 0.29) is 23.9 Å². The molecule has 20 heavy (non-hydrogen) atoms. The van der Waals surface area contributed by atoms with Gasteiger partial charge in [-0.3, -0.25) is 0 Å². The molecule has 0 radical (unpaired) electrons. The zero-order valence-corrected chi connectivity index (χ0v) is 11.4. The third-order valence-corrected chi connectivity index (χ3v) is 3.29. The number of rotatable bonds is 7. The second kappa shape index (κ2) is 7.24. The van der Waals surface area contributed by atoms with Crippen LogP contribution in [-0.4, -0.2) is 48.0 Å². The molecule has 0 amide bonds. The van der Waals surface area contributed by atoms with Crippen LogP contribution in [0, 0.1) is 0 Å². The minimum atomic E-state index is -4.52. The maximum Gasteiger partial charge on any atom is 0.445 e. The SMILES string of the molecule is COCCN(CCC(N)=NO)c1nnc(C(F)(F)F)s1. The molecule has 1 rings (SSSR count). The van der Waals surface area contributed by atoms with Crippen LogP contribution in [0.3, 0.4) is 0 Å². The fourth-order valence-electron chi connectivity index (χ4n) is 1.26. The molecule has 114 valence electrons. The van der Waals surface area contributed by atoms with Crippen LogP contribution in [-0.2, 0) is 10.9 Å². The summed E-state index contributed by atoms with van der Waals surface area (Å²) in [4.78, 5) is 1.54. The molecule has 0 spiro atoms. The lowest BCUT2D eigenvalue weighted by Gasteiger charge is -2.20. The largest absolute Gasteiger partial charge is 0.445 e. The van der Waals surface area contributed by atoms with Crippen molar-refractivity contribution in [2.24, 2.45) is 10.9 Å². The van der Waals surface area contributed by atoms with Crippen LogP contribution in [0.15, 0.2) is 5.16 Å². The summed E-state index contributed by atoms with van der Waals surface area (Å²) >= 11 is 0.438. The van der Waals surface area contributed by atoms with Crippen molar-refractivity contribution in [3.05, 3.63) is 5.01 Å². The van der Waals surface area contributed by atoms with E-state index in [2.05, 4.69) is 15.4 Å². The zero-order chi connectivity index (χ0) is 15.2. The van der Waals surface area contributed by atoms with Gasteiger partial charge in [-0.15, -0.1) is 10.2 Å². The van der Waals surface area contributed by atoms with Gasteiger partial charge in [-0.25, -0.2) is 0 Å². The van der Waals surface area contributed by atoms with Crippen LogP contribution < -0.4 is 10.6 Å². The van der Waals surface area contributed by atoms with Crippen LogP contribution in [0.5, 0.6) is 0 Å². The summed E-state index contributed by atoms with van der Waals surface area (Å²) < 4.78 is 42.3. The molecule has 1 heterocycles. The molecule has 1 aromatic rings. The minimum absolute atomic E-state index is 0.0204. The average molecular weight is 313 g/mol. The lowest BCUT2D eigenvalue weighted by Crippen LogP contribution is -2.31. The Balaban J connectivity index is 2.79. The van der Waals surface area contributed by atoms with Crippen molar-refractivity contribution in [3.8, 4) is 0 Å². The van der Waals surface area contributed by atoms with Crippen LogP contribution in [0.4, 0.5) is 18.3 Å². The number of nitrogens with zero attached hydrogens (tertiary/aromatic N) is 4. The Morgan fingerprint density at radius 1 is 1.45 bits per heavy atom. The molecule has 0 aliphatic carbocycles. The van der Waals surface area contributed by atoms with Crippen LogP contribution in [0.2, 0.25) is 0 Å². The monoisotopic (exact) mass is 313 g/mol. The molecule has 0 aromatic carbocycles. The van der Waals surface area contributed by atoms with E-state index in [0.29, 0.717) is 24.5 Å². The molecule has 7 nitrogen and oxygen atoms in total. The number of ether oxygens (including phenoxy) is 1. The highest BCUT2D eigenvalue weighted by Crippen LogP contribution is 2.34. The maximum absolute atomic E-state index is 12.5. The van der Waals surface area contributed by atoms with Crippen LogP contribution in [0.25, 0.3) is 0 Å². The molecule has 11 heteroatoms. The first kappa shape index (κ1) is 16.4. The molecule has 0 bridgehead atoms. The Morgan fingerprint density at radius 3 is 2.65 bits per heavy atom. The van der Waals surface area contributed by atoms with Gasteiger partial charge in [-0.1, -0.05) is 16.5 Å². The highest BCUT2D eigenvalue weighted by molar-refractivity contribution is 7.15. The van der Waals surface area contributed by atoms with Crippen molar-refractivity contribution in [1.29, 1.82) is 0 Å². The number of alkyl halides is 3. The van der Waals surface area contributed by atoms with E-state index in [0.717, 1.165) is 0 Å². The standard InChI is InChI=1S/C9H14F3N5O2S/c1-19-5-4-17(3-2-6(13)16-18)8-15-14-7(20-8)9(10,11)12/h18H,2-5H2,1H3,(H2,13,16). The van der Waals surface area contributed by atoms with Crippen molar-refractivity contribution in [3.63, 3.8) is 0 Å². The molecule has 0 atom stereocenters. The Hall–Kier alpha value is -1.62. The van der Waals surface area contributed by atoms with Crippen molar-refractivity contribution >= 4 is 22.3 Å². The summed E-state index contributed by atoms with van der Waals surface area (Å²) in [7, 11) is 1.48. The molecule has 0 unspecified atom stereocenters. The van der Waals surface area contributed by atoms with Gasteiger partial charge in [0.1, 0.15) is 5.84 Å². The van der Waals surface area contributed by atoms with E-state index in [4.69, 9.17) is 15.7 Å². The van der Waals surface area contributed by atoms with E-state index < -0.39 is 11.2 Å². The number of amidine groups is 1. The first-order valence-corrected chi connectivity index (χ1v) is 6.31. The minimum Gasteiger partial charge on any atom is -0.409 e. The molecule has 0 saturated carbocycles. The van der Waals surface area contributed by atoms with Gasteiger partial charge in [0.25, 0.3) is 0 Å². The lowest BCUT2D eigenvalue weighted by atomic mass is 10.3. The zero-order valence-electron chi connectivity index (χ0n) is 10.6. The van der Waals surface area contributed by atoms with Crippen LogP contribution >= 0.6 is 11.3 Å². The molecule has 0 aliphatic heterocycles. The number of oxime groups is 1. The number of methoxy groups -OCH3 is 1. The highest BCUT2D eigenvalue weighted by Gasteiger charge is 2.36. The number of aromatic nitrogens is 2.